The minimum atomic E-state index is -0.158. The quantitative estimate of drug-likeness (QED) is 0.736. The molecule has 24 heavy (non-hydrogen) atoms. The third-order valence-electron chi connectivity index (χ3n) is 4.23. The molecule has 0 saturated carbocycles. The van der Waals surface area contributed by atoms with Crippen molar-refractivity contribution in [2.45, 2.75) is 13.8 Å². The van der Waals surface area contributed by atoms with Gasteiger partial charge in [-0.2, -0.15) is 0 Å². The van der Waals surface area contributed by atoms with Crippen LogP contribution in [0.5, 0.6) is 0 Å². The minimum absolute atomic E-state index is 0.107. The number of rotatable bonds is 3. The topological polar surface area (TPSA) is 50.5 Å². The van der Waals surface area contributed by atoms with Crippen LogP contribution in [-0.4, -0.2) is 24.4 Å². The van der Waals surface area contributed by atoms with Gasteiger partial charge < -0.3 is 9.32 Å². The summed E-state index contributed by atoms with van der Waals surface area (Å²) in [6.07, 6.45) is 0. The van der Waals surface area contributed by atoms with Crippen molar-refractivity contribution < 1.29 is 9.21 Å². The van der Waals surface area contributed by atoms with Crippen molar-refractivity contribution in [3.63, 3.8) is 0 Å². The molecule has 1 heterocycles. The molecule has 122 valence electrons. The Bertz CT molecular complexity index is 958. The standard InChI is InChI=1S/C20H19NO3/c1-4-21(3)20(23)16-12-8-11-15-17(22)13(2)18(24-19(15)16)14-9-6-5-7-10-14/h5-12H,4H2,1-3H3. The van der Waals surface area contributed by atoms with Crippen LogP contribution >= 0.6 is 0 Å². The Morgan fingerprint density at radius 2 is 1.79 bits per heavy atom. The fraction of sp³-hybridized carbons (Fsp3) is 0.200. The van der Waals surface area contributed by atoms with E-state index < -0.39 is 0 Å². The predicted molar refractivity (Wildman–Crippen MR) is 95.3 cm³/mol. The van der Waals surface area contributed by atoms with Crippen LogP contribution in [0.15, 0.2) is 57.7 Å². The number of nitrogens with zero attached hydrogens (tertiary/aromatic N) is 1. The molecule has 0 unspecified atom stereocenters. The highest BCUT2D eigenvalue weighted by Gasteiger charge is 2.19. The molecule has 0 aliphatic rings. The van der Waals surface area contributed by atoms with Crippen LogP contribution in [0.3, 0.4) is 0 Å². The maximum Gasteiger partial charge on any atom is 0.257 e. The molecule has 0 spiro atoms. The molecule has 1 amide bonds. The summed E-state index contributed by atoms with van der Waals surface area (Å²) in [6, 6.07) is 14.6. The summed E-state index contributed by atoms with van der Waals surface area (Å²) in [6.45, 7) is 4.23. The van der Waals surface area contributed by atoms with Crippen LogP contribution in [-0.2, 0) is 0 Å². The van der Waals surface area contributed by atoms with Gasteiger partial charge in [0.1, 0.15) is 5.76 Å². The van der Waals surface area contributed by atoms with E-state index in [1.807, 2.05) is 37.3 Å². The number of fused-ring (bicyclic) bond motifs is 1. The summed E-state index contributed by atoms with van der Waals surface area (Å²) < 4.78 is 6.06. The first kappa shape index (κ1) is 16.0. The molecule has 0 saturated heterocycles. The van der Waals surface area contributed by atoms with Gasteiger partial charge in [-0.15, -0.1) is 0 Å². The molecule has 0 atom stereocenters. The summed E-state index contributed by atoms with van der Waals surface area (Å²) in [5.41, 5.74) is 2.01. The smallest absolute Gasteiger partial charge is 0.257 e. The maximum atomic E-state index is 12.8. The lowest BCUT2D eigenvalue weighted by molar-refractivity contribution is 0.0803. The second kappa shape index (κ2) is 6.32. The zero-order valence-corrected chi connectivity index (χ0v) is 14.0. The van der Waals surface area contributed by atoms with Crippen molar-refractivity contribution in [3.05, 3.63) is 69.9 Å². The van der Waals surface area contributed by atoms with E-state index in [0.717, 1.165) is 5.56 Å². The Kier molecular flexibility index (Phi) is 4.21. The second-order valence-electron chi connectivity index (χ2n) is 5.75. The van der Waals surface area contributed by atoms with E-state index in [2.05, 4.69) is 0 Å². The lowest BCUT2D eigenvalue weighted by atomic mass is 10.0. The molecule has 0 fully saturated rings. The third kappa shape index (κ3) is 2.60. The molecular formula is C20H19NO3. The Labute approximate surface area is 140 Å². The summed E-state index contributed by atoms with van der Waals surface area (Å²) in [7, 11) is 1.73. The van der Waals surface area contributed by atoms with Gasteiger partial charge in [0.2, 0.25) is 0 Å². The molecule has 3 aromatic rings. The number of hydrogen-bond acceptors (Lipinski definition) is 3. The van der Waals surface area contributed by atoms with Crippen LogP contribution in [0.4, 0.5) is 0 Å². The SMILES string of the molecule is CCN(C)C(=O)c1cccc2c(=O)c(C)c(-c3ccccc3)oc12. The molecule has 0 bridgehead atoms. The van der Waals surface area contributed by atoms with Crippen molar-refractivity contribution in [1.82, 2.24) is 4.90 Å². The lowest BCUT2D eigenvalue weighted by Gasteiger charge is -2.16. The van der Waals surface area contributed by atoms with Crippen LogP contribution in [0.25, 0.3) is 22.3 Å². The minimum Gasteiger partial charge on any atom is -0.455 e. The van der Waals surface area contributed by atoms with Gasteiger partial charge >= 0.3 is 0 Å². The lowest BCUT2D eigenvalue weighted by Crippen LogP contribution is -2.26. The van der Waals surface area contributed by atoms with Crippen molar-refractivity contribution in [3.8, 4) is 11.3 Å². The highest BCUT2D eigenvalue weighted by Crippen LogP contribution is 2.27. The van der Waals surface area contributed by atoms with E-state index in [1.54, 1.807) is 37.1 Å². The van der Waals surface area contributed by atoms with Crippen LogP contribution in [0, 0.1) is 6.92 Å². The van der Waals surface area contributed by atoms with E-state index in [4.69, 9.17) is 4.42 Å². The first-order chi connectivity index (χ1) is 11.5. The van der Waals surface area contributed by atoms with Gasteiger partial charge in [0.15, 0.2) is 11.0 Å². The average Bonchev–Trinajstić information content (AvgIpc) is 2.63. The highest BCUT2D eigenvalue weighted by atomic mass is 16.3. The summed E-state index contributed by atoms with van der Waals surface area (Å²) in [4.78, 5) is 26.9. The van der Waals surface area contributed by atoms with Gasteiger partial charge in [0.25, 0.3) is 5.91 Å². The molecule has 4 nitrogen and oxygen atoms in total. The number of carbonyl (C=O) groups is 1. The van der Waals surface area contributed by atoms with Gasteiger partial charge in [0.05, 0.1) is 10.9 Å². The van der Waals surface area contributed by atoms with Gasteiger partial charge in [0, 0.05) is 24.7 Å². The number of amides is 1. The van der Waals surface area contributed by atoms with E-state index in [1.165, 1.54) is 0 Å². The molecule has 4 heteroatoms. The Morgan fingerprint density at radius 1 is 1.08 bits per heavy atom. The van der Waals surface area contributed by atoms with Crippen molar-refractivity contribution >= 4 is 16.9 Å². The first-order valence-electron chi connectivity index (χ1n) is 7.92. The largest absolute Gasteiger partial charge is 0.455 e. The normalized spacial score (nSPS) is 10.8. The first-order valence-corrected chi connectivity index (χ1v) is 7.92. The summed E-state index contributed by atoms with van der Waals surface area (Å²) in [5, 5.41) is 0.433. The van der Waals surface area contributed by atoms with Crippen molar-refractivity contribution in [1.29, 1.82) is 0 Å². The molecule has 0 N–H and O–H groups in total. The van der Waals surface area contributed by atoms with Gasteiger partial charge in [-0.25, -0.2) is 0 Å². The molecule has 3 rings (SSSR count). The highest BCUT2D eigenvalue weighted by molar-refractivity contribution is 6.05. The Hall–Kier alpha value is -2.88. The summed E-state index contributed by atoms with van der Waals surface area (Å²) in [5.74, 6) is 0.349. The maximum absolute atomic E-state index is 12.8. The third-order valence-corrected chi connectivity index (χ3v) is 4.23. The molecule has 1 aromatic heterocycles. The van der Waals surface area contributed by atoms with E-state index in [9.17, 15) is 9.59 Å². The molecule has 0 aliphatic heterocycles. The summed E-state index contributed by atoms with van der Waals surface area (Å²) >= 11 is 0. The van der Waals surface area contributed by atoms with Gasteiger partial charge in [-0.1, -0.05) is 36.4 Å². The van der Waals surface area contributed by atoms with Crippen LogP contribution in [0.1, 0.15) is 22.8 Å². The Morgan fingerprint density at radius 3 is 2.46 bits per heavy atom. The van der Waals surface area contributed by atoms with E-state index in [-0.39, 0.29) is 11.3 Å². The molecular weight excluding hydrogens is 302 g/mol. The average molecular weight is 321 g/mol. The van der Waals surface area contributed by atoms with E-state index >= 15 is 0 Å². The van der Waals surface area contributed by atoms with Crippen LogP contribution in [0.2, 0.25) is 0 Å². The van der Waals surface area contributed by atoms with E-state index in [0.29, 0.717) is 34.4 Å². The fourth-order valence-corrected chi connectivity index (χ4v) is 2.69. The van der Waals surface area contributed by atoms with Crippen molar-refractivity contribution in [2.75, 3.05) is 13.6 Å². The Balaban J connectivity index is 2.33. The number of hydrogen-bond donors (Lipinski definition) is 0. The van der Waals surface area contributed by atoms with Gasteiger partial charge in [-0.3, -0.25) is 9.59 Å². The molecule has 0 radical (unpaired) electrons. The van der Waals surface area contributed by atoms with Gasteiger partial charge in [-0.05, 0) is 26.0 Å². The zero-order chi connectivity index (χ0) is 17.3. The predicted octanol–water partition coefficient (Wildman–Crippen LogP) is 3.86. The van der Waals surface area contributed by atoms with Crippen molar-refractivity contribution in [2.24, 2.45) is 0 Å². The van der Waals surface area contributed by atoms with Crippen LogP contribution < -0.4 is 5.43 Å². The number of para-hydroxylation sites is 1. The second-order valence-corrected chi connectivity index (χ2v) is 5.75. The number of carbonyl (C=O) groups excluding carboxylic acids is 1. The fourth-order valence-electron chi connectivity index (χ4n) is 2.69. The molecule has 0 aliphatic carbocycles. The number of benzene rings is 2. The molecule has 2 aromatic carbocycles. The zero-order valence-electron chi connectivity index (χ0n) is 14.0. The monoisotopic (exact) mass is 321 g/mol.